The molecule has 0 bridgehead atoms. The lowest BCUT2D eigenvalue weighted by Gasteiger charge is -2.31. The second-order valence-corrected chi connectivity index (χ2v) is 10.8. The van der Waals surface area contributed by atoms with Crippen molar-refractivity contribution in [2.24, 2.45) is 5.92 Å². The summed E-state index contributed by atoms with van der Waals surface area (Å²) in [7, 11) is -3.81. The first-order valence-corrected chi connectivity index (χ1v) is 12.5. The summed E-state index contributed by atoms with van der Waals surface area (Å²) in [6, 6.07) is 7.19. The fraction of sp³-hybridized carbons (Fsp3) is 0.381. The van der Waals surface area contributed by atoms with Crippen molar-refractivity contribution in [1.29, 1.82) is 0 Å². The number of hydrogen-bond acceptors (Lipinski definition) is 7. The Labute approximate surface area is 189 Å². The molecule has 8 nitrogen and oxygen atoms in total. The lowest BCUT2D eigenvalue weighted by atomic mass is 9.99. The van der Waals surface area contributed by atoms with Crippen molar-refractivity contribution < 1.29 is 22.1 Å². The third kappa shape index (κ3) is 4.59. The Bertz CT molecular complexity index is 1240. The smallest absolute Gasteiger partial charge is 0.244 e. The van der Waals surface area contributed by atoms with Crippen LogP contribution in [0.25, 0.3) is 10.7 Å². The number of nitrogens with one attached hydrogen (secondary N) is 1. The van der Waals surface area contributed by atoms with Gasteiger partial charge in [0, 0.05) is 30.1 Å². The van der Waals surface area contributed by atoms with Gasteiger partial charge in [-0.25, -0.2) is 12.8 Å². The number of piperidine rings is 1. The zero-order valence-corrected chi connectivity index (χ0v) is 19.3. The van der Waals surface area contributed by atoms with Crippen LogP contribution in [0.1, 0.15) is 30.5 Å². The highest BCUT2D eigenvalue weighted by Gasteiger charge is 2.35. The van der Waals surface area contributed by atoms with E-state index in [4.69, 9.17) is 4.52 Å². The molecule has 3 aromatic rings. The molecule has 1 aromatic carbocycles. The fourth-order valence-corrected chi connectivity index (χ4v) is 6.66. The molecule has 32 heavy (non-hydrogen) atoms. The minimum absolute atomic E-state index is 0.0658. The van der Waals surface area contributed by atoms with E-state index in [-0.39, 0.29) is 17.3 Å². The van der Waals surface area contributed by atoms with Crippen molar-refractivity contribution >= 4 is 33.0 Å². The quantitative estimate of drug-likeness (QED) is 0.577. The number of rotatable bonds is 6. The van der Waals surface area contributed by atoms with Crippen molar-refractivity contribution in [3.63, 3.8) is 0 Å². The van der Waals surface area contributed by atoms with Gasteiger partial charge in [0.1, 0.15) is 5.82 Å². The molecule has 2 aromatic heterocycles. The third-order valence-corrected chi connectivity index (χ3v) is 8.50. The molecule has 1 amide bonds. The topological polar surface area (TPSA) is 105 Å². The SMILES string of the molecule is CCc1nc(-c2cc(S(=O)(=O)N3CCC[C@@H](C(=O)Nc4cccc(F)c4)C3)c(C)s2)no1. The molecular formula is C21H23FN4O4S2. The highest BCUT2D eigenvalue weighted by atomic mass is 32.2. The number of aryl methyl sites for hydroxylation is 2. The van der Waals surface area contributed by atoms with Gasteiger partial charge in [-0.2, -0.15) is 9.29 Å². The van der Waals surface area contributed by atoms with Crippen LogP contribution in [0.2, 0.25) is 0 Å². The number of carbonyl (C=O) groups excluding carboxylic acids is 1. The molecule has 0 unspecified atom stereocenters. The zero-order chi connectivity index (χ0) is 22.9. The normalized spacial score (nSPS) is 17.4. The first-order chi connectivity index (χ1) is 15.3. The van der Waals surface area contributed by atoms with Crippen LogP contribution in [-0.2, 0) is 21.2 Å². The van der Waals surface area contributed by atoms with Gasteiger partial charge in [-0.15, -0.1) is 11.3 Å². The van der Waals surface area contributed by atoms with Gasteiger partial charge in [0.15, 0.2) is 0 Å². The van der Waals surface area contributed by atoms with Crippen molar-refractivity contribution in [3.05, 3.63) is 46.9 Å². The van der Waals surface area contributed by atoms with Crippen LogP contribution in [0.15, 0.2) is 39.8 Å². The molecule has 170 valence electrons. The van der Waals surface area contributed by atoms with Gasteiger partial charge in [0.05, 0.1) is 15.7 Å². The number of hydrogen-bond donors (Lipinski definition) is 1. The summed E-state index contributed by atoms with van der Waals surface area (Å²) in [6.45, 7) is 4.03. The maximum absolute atomic E-state index is 13.4. The number of halogens is 1. The first-order valence-electron chi connectivity index (χ1n) is 10.3. The maximum Gasteiger partial charge on any atom is 0.244 e. The number of carbonyl (C=O) groups is 1. The number of anilines is 1. The predicted molar refractivity (Wildman–Crippen MR) is 118 cm³/mol. The summed E-state index contributed by atoms with van der Waals surface area (Å²) in [6.07, 6.45) is 1.71. The monoisotopic (exact) mass is 478 g/mol. The molecule has 1 N–H and O–H groups in total. The molecule has 1 aliphatic heterocycles. The molecular weight excluding hydrogens is 455 g/mol. The van der Waals surface area contributed by atoms with Crippen molar-refractivity contribution in [3.8, 4) is 10.7 Å². The van der Waals surface area contributed by atoms with Gasteiger partial charge >= 0.3 is 0 Å². The van der Waals surface area contributed by atoms with E-state index in [9.17, 15) is 17.6 Å². The molecule has 4 rings (SSSR count). The zero-order valence-electron chi connectivity index (χ0n) is 17.7. The lowest BCUT2D eigenvalue weighted by molar-refractivity contribution is -0.120. The van der Waals surface area contributed by atoms with Crippen LogP contribution in [0.4, 0.5) is 10.1 Å². The molecule has 1 saturated heterocycles. The molecule has 0 radical (unpaired) electrons. The number of thiophene rings is 1. The molecule has 0 aliphatic carbocycles. The standard InChI is InChI=1S/C21H23FN4O4S2/c1-3-19-24-20(25-30-19)17-11-18(13(2)31-17)32(28,29)26-9-5-6-14(12-26)21(27)23-16-8-4-7-15(22)10-16/h4,7-8,10-11,14H,3,5-6,9,12H2,1-2H3,(H,23,27)/t14-/m1/s1. The van der Waals surface area contributed by atoms with Crippen molar-refractivity contribution in [1.82, 2.24) is 14.4 Å². The van der Waals surface area contributed by atoms with E-state index in [1.165, 1.54) is 33.8 Å². The van der Waals surface area contributed by atoms with E-state index >= 15 is 0 Å². The minimum Gasteiger partial charge on any atom is -0.339 e. The van der Waals surface area contributed by atoms with E-state index in [1.807, 2.05) is 6.92 Å². The summed E-state index contributed by atoms with van der Waals surface area (Å²) in [5.74, 6) is -0.449. The minimum atomic E-state index is -3.81. The number of aromatic nitrogens is 2. The Morgan fingerprint density at radius 3 is 2.91 bits per heavy atom. The highest BCUT2D eigenvalue weighted by molar-refractivity contribution is 7.89. The molecule has 3 heterocycles. The Morgan fingerprint density at radius 1 is 1.38 bits per heavy atom. The largest absolute Gasteiger partial charge is 0.339 e. The summed E-state index contributed by atoms with van der Waals surface area (Å²) < 4.78 is 46.6. The Kier molecular flexibility index (Phi) is 6.40. The van der Waals surface area contributed by atoms with Crippen LogP contribution < -0.4 is 5.32 Å². The van der Waals surface area contributed by atoms with Gasteiger partial charge in [0.25, 0.3) is 0 Å². The van der Waals surface area contributed by atoms with Gasteiger partial charge < -0.3 is 9.84 Å². The lowest BCUT2D eigenvalue weighted by Crippen LogP contribution is -2.43. The van der Waals surface area contributed by atoms with Crippen molar-refractivity contribution in [2.75, 3.05) is 18.4 Å². The predicted octanol–water partition coefficient (Wildman–Crippen LogP) is 3.85. The molecule has 0 saturated carbocycles. The number of amides is 1. The van der Waals surface area contributed by atoms with E-state index in [2.05, 4.69) is 15.5 Å². The highest BCUT2D eigenvalue weighted by Crippen LogP contribution is 2.35. The summed E-state index contributed by atoms with van der Waals surface area (Å²) in [5.41, 5.74) is 0.347. The number of benzene rings is 1. The van der Waals surface area contributed by atoms with E-state index in [0.29, 0.717) is 53.0 Å². The first kappa shape index (κ1) is 22.6. The van der Waals surface area contributed by atoms with Crippen LogP contribution >= 0.6 is 11.3 Å². The van der Waals surface area contributed by atoms with E-state index < -0.39 is 21.8 Å². The molecule has 1 aliphatic rings. The molecule has 1 fully saturated rings. The van der Waals surface area contributed by atoms with Gasteiger partial charge in [-0.3, -0.25) is 4.79 Å². The average Bonchev–Trinajstić information content (AvgIpc) is 3.40. The molecule has 1 atom stereocenters. The Hall–Kier alpha value is -2.63. The fourth-order valence-electron chi connectivity index (χ4n) is 3.65. The van der Waals surface area contributed by atoms with Crippen LogP contribution in [-0.4, -0.2) is 41.9 Å². The van der Waals surface area contributed by atoms with Crippen LogP contribution in [0.5, 0.6) is 0 Å². The van der Waals surface area contributed by atoms with E-state index in [0.717, 1.165) is 0 Å². The third-order valence-electron chi connectivity index (χ3n) is 5.33. The Morgan fingerprint density at radius 2 is 2.19 bits per heavy atom. The molecule has 0 spiro atoms. The Balaban J connectivity index is 1.52. The second-order valence-electron chi connectivity index (χ2n) is 7.60. The van der Waals surface area contributed by atoms with Gasteiger partial charge in [0.2, 0.25) is 27.6 Å². The summed E-state index contributed by atoms with van der Waals surface area (Å²) in [4.78, 5) is 18.4. The van der Waals surface area contributed by atoms with Crippen molar-refractivity contribution in [2.45, 2.75) is 38.0 Å². The van der Waals surface area contributed by atoms with Crippen LogP contribution in [0.3, 0.4) is 0 Å². The second kappa shape index (κ2) is 9.08. The number of sulfonamides is 1. The summed E-state index contributed by atoms with van der Waals surface area (Å²) >= 11 is 1.29. The maximum atomic E-state index is 13.4. The van der Waals surface area contributed by atoms with Crippen LogP contribution in [0, 0.1) is 18.7 Å². The van der Waals surface area contributed by atoms with E-state index in [1.54, 1.807) is 19.1 Å². The average molecular weight is 479 g/mol. The molecule has 11 heteroatoms. The van der Waals surface area contributed by atoms with Gasteiger partial charge in [-0.05, 0) is 44.0 Å². The number of nitrogens with zero attached hydrogens (tertiary/aromatic N) is 3. The van der Waals surface area contributed by atoms with Gasteiger partial charge in [-0.1, -0.05) is 18.1 Å². The summed E-state index contributed by atoms with van der Waals surface area (Å²) in [5, 5.41) is 6.61.